The molecule has 0 aliphatic heterocycles. The first-order valence-corrected chi connectivity index (χ1v) is 5.12. The normalized spacial score (nSPS) is 9.93. The number of hydrogen-bond donors (Lipinski definition) is 0. The van der Waals surface area contributed by atoms with E-state index in [1.165, 1.54) is 24.6 Å². The van der Waals surface area contributed by atoms with Gasteiger partial charge in [-0.05, 0) is 0 Å². The van der Waals surface area contributed by atoms with Crippen molar-refractivity contribution in [2.75, 3.05) is 7.11 Å². The number of nitrogens with zero attached hydrogens (tertiary/aromatic N) is 2. The quantitative estimate of drug-likeness (QED) is 0.742. The van der Waals surface area contributed by atoms with Gasteiger partial charge in [-0.2, -0.15) is 0 Å². The Morgan fingerprint density at radius 2 is 2.33 bits per heavy atom. The number of thiazole rings is 1. The van der Waals surface area contributed by atoms with Crippen LogP contribution >= 0.6 is 11.3 Å². The molecular weight excluding hydrogens is 212 g/mol. The number of aldehydes is 1. The molecule has 0 bridgehead atoms. The van der Waals surface area contributed by atoms with E-state index in [1.54, 1.807) is 12.3 Å². The van der Waals surface area contributed by atoms with Crippen LogP contribution in [0.2, 0.25) is 0 Å². The minimum atomic E-state index is 0.478. The molecule has 0 unspecified atom stereocenters. The Labute approximate surface area is 90.6 Å². The van der Waals surface area contributed by atoms with Crippen LogP contribution in [0.3, 0.4) is 0 Å². The van der Waals surface area contributed by atoms with E-state index in [4.69, 9.17) is 4.74 Å². The van der Waals surface area contributed by atoms with Crippen LogP contribution in [0.25, 0.3) is 10.6 Å². The molecule has 0 amide bonds. The van der Waals surface area contributed by atoms with E-state index >= 15 is 0 Å². The fourth-order valence-electron chi connectivity index (χ4n) is 1.19. The van der Waals surface area contributed by atoms with Gasteiger partial charge in [0.05, 0.1) is 7.11 Å². The summed E-state index contributed by atoms with van der Waals surface area (Å²) in [5.41, 5.74) is 1.28. The molecule has 2 aromatic rings. The third-order valence-corrected chi connectivity index (χ3v) is 2.71. The van der Waals surface area contributed by atoms with Gasteiger partial charge in [0.25, 0.3) is 0 Å². The summed E-state index contributed by atoms with van der Waals surface area (Å²) in [6.07, 6.45) is 3.95. The number of carbonyl (C=O) groups excluding carboxylic acids is 1. The van der Waals surface area contributed by atoms with Crippen molar-refractivity contribution >= 4 is 17.6 Å². The third kappa shape index (κ3) is 1.87. The van der Waals surface area contributed by atoms with Crippen molar-refractivity contribution in [3.8, 4) is 16.5 Å². The van der Waals surface area contributed by atoms with E-state index in [0.717, 1.165) is 16.9 Å². The predicted molar refractivity (Wildman–Crippen MR) is 57.3 cm³/mol. The zero-order valence-corrected chi connectivity index (χ0v) is 8.82. The maximum atomic E-state index is 10.8. The van der Waals surface area contributed by atoms with Crippen LogP contribution < -0.4 is 4.74 Å². The third-order valence-electron chi connectivity index (χ3n) is 1.91. The van der Waals surface area contributed by atoms with Crippen LogP contribution in [0.1, 0.15) is 10.4 Å². The summed E-state index contributed by atoms with van der Waals surface area (Å²) in [5.74, 6) is 0.478. The monoisotopic (exact) mass is 220 g/mol. The second kappa shape index (κ2) is 4.18. The van der Waals surface area contributed by atoms with Crippen LogP contribution in [-0.4, -0.2) is 23.4 Å². The highest BCUT2D eigenvalue weighted by atomic mass is 32.1. The van der Waals surface area contributed by atoms with Gasteiger partial charge in [0.2, 0.25) is 5.88 Å². The van der Waals surface area contributed by atoms with Crippen LogP contribution in [-0.2, 0) is 0 Å². The second-order valence-corrected chi connectivity index (χ2v) is 3.66. The van der Waals surface area contributed by atoms with E-state index in [-0.39, 0.29) is 0 Å². The molecule has 2 rings (SSSR count). The number of ether oxygens (including phenoxy) is 1. The number of rotatable bonds is 3. The lowest BCUT2D eigenvalue weighted by Crippen LogP contribution is -1.93. The standard InChI is InChI=1S/C10H8N2O2S/c1-14-9-4-8(7(6-13)5-12-9)10-11-2-3-15-10/h2-6H,1H3. The summed E-state index contributed by atoms with van der Waals surface area (Å²) in [6, 6.07) is 1.71. The Morgan fingerprint density at radius 3 is 2.93 bits per heavy atom. The van der Waals surface area contributed by atoms with Crippen molar-refractivity contribution < 1.29 is 9.53 Å². The van der Waals surface area contributed by atoms with Crippen LogP contribution in [0.5, 0.6) is 5.88 Å². The molecule has 0 fully saturated rings. The van der Waals surface area contributed by atoms with Gasteiger partial charge in [-0.3, -0.25) is 4.79 Å². The highest BCUT2D eigenvalue weighted by Gasteiger charge is 2.09. The molecule has 0 saturated heterocycles. The first-order valence-electron chi connectivity index (χ1n) is 4.24. The molecule has 0 aromatic carbocycles. The van der Waals surface area contributed by atoms with Crippen molar-refractivity contribution in [2.24, 2.45) is 0 Å². The molecule has 0 radical (unpaired) electrons. The van der Waals surface area contributed by atoms with E-state index in [2.05, 4.69) is 9.97 Å². The summed E-state index contributed by atoms with van der Waals surface area (Å²) >= 11 is 1.47. The largest absolute Gasteiger partial charge is 0.481 e. The molecule has 0 atom stereocenters. The molecule has 15 heavy (non-hydrogen) atoms. The maximum Gasteiger partial charge on any atom is 0.213 e. The SMILES string of the molecule is COc1cc(-c2nccs2)c(C=O)cn1. The van der Waals surface area contributed by atoms with Crippen molar-refractivity contribution in [1.29, 1.82) is 0 Å². The molecular formula is C10H8N2O2S. The molecule has 0 spiro atoms. The van der Waals surface area contributed by atoms with Crippen LogP contribution in [0, 0.1) is 0 Å². The van der Waals surface area contributed by atoms with E-state index in [0.29, 0.717) is 11.4 Å². The summed E-state index contributed by atoms with van der Waals surface area (Å²) in [6.45, 7) is 0. The Kier molecular flexibility index (Phi) is 2.73. The first-order chi connectivity index (χ1) is 7.35. The number of pyridine rings is 1. The summed E-state index contributed by atoms with van der Waals surface area (Å²) in [5, 5.41) is 2.65. The highest BCUT2D eigenvalue weighted by molar-refractivity contribution is 7.13. The van der Waals surface area contributed by atoms with Gasteiger partial charge in [-0.1, -0.05) is 0 Å². The van der Waals surface area contributed by atoms with Gasteiger partial charge in [-0.15, -0.1) is 11.3 Å². The van der Waals surface area contributed by atoms with Crippen molar-refractivity contribution in [3.63, 3.8) is 0 Å². The summed E-state index contributed by atoms with van der Waals surface area (Å²) in [4.78, 5) is 18.9. The molecule has 0 saturated carbocycles. The number of carbonyl (C=O) groups is 1. The van der Waals surface area contributed by atoms with E-state index in [1.807, 2.05) is 5.38 Å². The van der Waals surface area contributed by atoms with Gasteiger partial charge in [0, 0.05) is 35.0 Å². The lowest BCUT2D eigenvalue weighted by Gasteiger charge is -2.03. The molecule has 0 aliphatic rings. The maximum absolute atomic E-state index is 10.8. The molecule has 2 heterocycles. The summed E-state index contributed by atoms with van der Waals surface area (Å²) in [7, 11) is 1.54. The minimum absolute atomic E-state index is 0.478. The molecule has 2 aromatic heterocycles. The molecule has 5 heteroatoms. The van der Waals surface area contributed by atoms with Crippen LogP contribution in [0.15, 0.2) is 23.8 Å². The zero-order chi connectivity index (χ0) is 10.7. The lowest BCUT2D eigenvalue weighted by molar-refractivity contribution is 0.112. The summed E-state index contributed by atoms with van der Waals surface area (Å²) < 4.78 is 5.00. The average molecular weight is 220 g/mol. The Balaban J connectivity index is 2.56. The number of methoxy groups -OCH3 is 1. The fraction of sp³-hybridized carbons (Fsp3) is 0.100. The van der Waals surface area contributed by atoms with Gasteiger partial charge in [-0.25, -0.2) is 9.97 Å². The van der Waals surface area contributed by atoms with Gasteiger partial charge in [0.15, 0.2) is 6.29 Å². The average Bonchev–Trinajstić information content (AvgIpc) is 2.81. The van der Waals surface area contributed by atoms with E-state index < -0.39 is 0 Å². The van der Waals surface area contributed by atoms with E-state index in [9.17, 15) is 4.79 Å². The van der Waals surface area contributed by atoms with Gasteiger partial charge >= 0.3 is 0 Å². The fourth-order valence-corrected chi connectivity index (χ4v) is 1.87. The Bertz CT molecular complexity index is 468. The zero-order valence-electron chi connectivity index (χ0n) is 8.01. The molecule has 76 valence electrons. The Hall–Kier alpha value is -1.75. The predicted octanol–water partition coefficient (Wildman–Crippen LogP) is 2.03. The van der Waals surface area contributed by atoms with Crippen molar-refractivity contribution in [3.05, 3.63) is 29.4 Å². The topological polar surface area (TPSA) is 52.1 Å². The van der Waals surface area contributed by atoms with Gasteiger partial charge in [0.1, 0.15) is 5.01 Å². The first kappa shape index (κ1) is 9.79. The lowest BCUT2D eigenvalue weighted by atomic mass is 10.1. The highest BCUT2D eigenvalue weighted by Crippen LogP contribution is 2.26. The van der Waals surface area contributed by atoms with Gasteiger partial charge < -0.3 is 4.74 Å². The number of hydrogen-bond acceptors (Lipinski definition) is 5. The smallest absolute Gasteiger partial charge is 0.213 e. The van der Waals surface area contributed by atoms with Crippen molar-refractivity contribution in [2.45, 2.75) is 0 Å². The Morgan fingerprint density at radius 1 is 1.47 bits per heavy atom. The minimum Gasteiger partial charge on any atom is -0.481 e. The number of aromatic nitrogens is 2. The molecule has 0 aliphatic carbocycles. The van der Waals surface area contributed by atoms with Crippen LogP contribution in [0.4, 0.5) is 0 Å². The van der Waals surface area contributed by atoms with Crippen molar-refractivity contribution in [1.82, 2.24) is 9.97 Å². The molecule has 0 N–H and O–H groups in total. The molecule has 4 nitrogen and oxygen atoms in total. The second-order valence-electron chi connectivity index (χ2n) is 2.77.